The number of hydrogen-bond donors (Lipinski definition) is 0. The standard InChI is InChI=1S/C18H15BrClF2N3O2.C17H12BrClF3N3O/c1-4-25-17(15-13(21)5-9(27-3)6-14(15)22)10(7-12(20)18(25)26)16-11(19)8-23-24(16)2;1-3-25-16(14-12(21)4-8(20)5-13(14)22)9(6-11(19)17(25)26)15-10(18)7-23-24(15)2/h5-8H,4H2,1-3H3;4-7H,3H2,1-2H3. The predicted octanol–water partition coefficient (Wildman–Crippen LogP) is 9.41. The molecule has 0 aliphatic carbocycles. The van der Waals surface area contributed by atoms with E-state index < -0.39 is 45.8 Å². The normalized spacial score (nSPS) is 11.1. The molecule has 0 N–H and O–H groups in total. The van der Waals surface area contributed by atoms with Crippen molar-refractivity contribution in [2.24, 2.45) is 14.1 Å². The molecule has 0 saturated carbocycles. The Labute approximate surface area is 325 Å². The number of halogens is 9. The second-order valence-electron chi connectivity index (χ2n) is 11.2. The van der Waals surface area contributed by atoms with Crippen molar-refractivity contribution in [3.05, 3.63) is 118 Å². The minimum atomic E-state index is -1.12. The Morgan fingerprint density at radius 2 is 1.00 bits per heavy atom. The molecule has 53 heavy (non-hydrogen) atoms. The lowest BCUT2D eigenvalue weighted by atomic mass is 10.0. The first kappa shape index (κ1) is 39.9. The van der Waals surface area contributed by atoms with Gasteiger partial charge in [0.15, 0.2) is 0 Å². The SMILES string of the molecule is CCn1c(-c2c(F)cc(F)cc2F)c(-c2c(Br)cnn2C)cc(Cl)c1=O.CCn1c(-c2c(F)cc(OC)cc2F)c(-c2c(Br)cnn2C)cc(Cl)c1=O. The molecule has 0 amide bonds. The summed E-state index contributed by atoms with van der Waals surface area (Å²) >= 11 is 18.9. The van der Waals surface area contributed by atoms with Crippen LogP contribution < -0.4 is 15.9 Å². The molecule has 4 aromatic heterocycles. The van der Waals surface area contributed by atoms with E-state index in [-0.39, 0.29) is 51.4 Å². The molecule has 0 spiro atoms. The third-order valence-corrected chi connectivity index (χ3v) is 9.86. The van der Waals surface area contributed by atoms with E-state index in [4.69, 9.17) is 27.9 Å². The molecule has 2 aromatic carbocycles. The number of aryl methyl sites for hydroxylation is 2. The van der Waals surface area contributed by atoms with Crippen molar-refractivity contribution in [3.63, 3.8) is 0 Å². The maximum atomic E-state index is 14.9. The molecule has 18 heteroatoms. The summed E-state index contributed by atoms with van der Waals surface area (Å²) in [6, 6.07) is 6.00. The predicted molar refractivity (Wildman–Crippen MR) is 200 cm³/mol. The Balaban J connectivity index is 0.000000204. The van der Waals surface area contributed by atoms with Crippen LogP contribution in [-0.4, -0.2) is 35.8 Å². The Kier molecular flexibility index (Phi) is 12.1. The lowest BCUT2D eigenvalue weighted by molar-refractivity contribution is 0.407. The molecule has 0 unspecified atom stereocenters. The van der Waals surface area contributed by atoms with Crippen molar-refractivity contribution in [2.75, 3.05) is 7.11 Å². The van der Waals surface area contributed by atoms with E-state index >= 15 is 0 Å². The van der Waals surface area contributed by atoms with Crippen LogP contribution in [0.1, 0.15) is 13.8 Å². The van der Waals surface area contributed by atoms with Gasteiger partial charge in [0.2, 0.25) is 0 Å². The van der Waals surface area contributed by atoms with E-state index in [9.17, 15) is 31.5 Å². The first-order valence-corrected chi connectivity index (χ1v) is 17.8. The molecule has 6 rings (SSSR count). The van der Waals surface area contributed by atoms with Crippen LogP contribution in [0.25, 0.3) is 45.0 Å². The summed E-state index contributed by atoms with van der Waals surface area (Å²) in [6.45, 7) is 3.61. The van der Waals surface area contributed by atoms with Crippen LogP contribution in [-0.2, 0) is 27.2 Å². The van der Waals surface area contributed by atoms with Crippen LogP contribution in [0.15, 0.2) is 67.3 Å². The van der Waals surface area contributed by atoms with Gasteiger partial charge in [-0.05, 0) is 57.8 Å². The third kappa shape index (κ3) is 7.46. The lowest BCUT2D eigenvalue weighted by Gasteiger charge is -2.19. The topological polar surface area (TPSA) is 88.9 Å². The second-order valence-corrected chi connectivity index (χ2v) is 13.8. The molecule has 6 aromatic rings. The van der Waals surface area contributed by atoms with Gasteiger partial charge in [-0.15, -0.1) is 0 Å². The van der Waals surface area contributed by atoms with Crippen LogP contribution >= 0.6 is 55.1 Å². The van der Waals surface area contributed by atoms with E-state index in [2.05, 4.69) is 42.1 Å². The number of rotatable bonds is 7. The molecule has 4 heterocycles. The van der Waals surface area contributed by atoms with Crippen LogP contribution in [0.3, 0.4) is 0 Å². The van der Waals surface area contributed by atoms with Crippen molar-refractivity contribution < 1.29 is 26.7 Å². The van der Waals surface area contributed by atoms with Crippen molar-refractivity contribution in [2.45, 2.75) is 26.9 Å². The fourth-order valence-corrected chi connectivity index (χ4v) is 7.40. The average molecular weight is 905 g/mol. The molecule has 0 saturated heterocycles. The van der Waals surface area contributed by atoms with Gasteiger partial charge in [0.25, 0.3) is 11.1 Å². The molecular formula is C35H27Br2Cl2F5N6O3. The molecular weight excluding hydrogens is 878 g/mol. The maximum absolute atomic E-state index is 14.9. The Bertz CT molecular complexity index is 2430. The van der Waals surface area contributed by atoms with E-state index in [0.717, 1.165) is 16.7 Å². The Morgan fingerprint density at radius 1 is 0.642 bits per heavy atom. The van der Waals surface area contributed by atoms with E-state index in [1.807, 2.05) is 0 Å². The molecule has 278 valence electrons. The molecule has 0 fully saturated rings. The largest absolute Gasteiger partial charge is 0.497 e. The number of ether oxygens (including phenoxy) is 1. The average Bonchev–Trinajstić information content (AvgIpc) is 3.61. The molecule has 0 bridgehead atoms. The number of pyridine rings is 2. The third-order valence-electron chi connectivity index (χ3n) is 8.15. The summed E-state index contributed by atoms with van der Waals surface area (Å²) in [5.74, 6) is -4.95. The van der Waals surface area contributed by atoms with Crippen molar-refractivity contribution in [1.82, 2.24) is 28.7 Å². The highest BCUT2D eigenvalue weighted by atomic mass is 79.9. The fraction of sp³-hybridized carbons (Fsp3) is 0.200. The Morgan fingerprint density at radius 3 is 1.30 bits per heavy atom. The summed E-state index contributed by atoms with van der Waals surface area (Å²) < 4.78 is 83.5. The lowest BCUT2D eigenvalue weighted by Crippen LogP contribution is -2.23. The minimum Gasteiger partial charge on any atom is -0.497 e. The van der Waals surface area contributed by atoms with E-state index in [1.54, 1.807) is 34.1 Å². The quantitative estimate of drug-likeness (QED) is 0.149. The monoisotopic (exact) mass is 902 g/mol. The minimum absolute atomic E-state index is 0.0383. The highest BCUT2D eigenvalue weighted by Gasteiger charge is 2.27. The molecule has 0 radical (unpaired) electrons. The number of benzene rings is 2. The highest BCUT2D eigenvalue weighted by Crippen LogP contribution is 2.41. The summed E-state index contributed by atoms with van der Waals surface area (Å²) in [4.78, 5) is 25.0. The zero-order valence-corrected chi connectivity index (χ0v) is 33.0. The van der Waals surface area contributed by atoms with Crippen LogP contribution in [0.2, 0.25) is 10.0 Å². The first-order chi connectivity index (χ1) is 25.1. The Hall–Kier alpha value is -4.25. The van der Waals surface area contributed by atoms with Gasteiger partial charge in [-0.2, -0.15) is 10.2 Å². The molecule has 0 aliphatic heterocycles. The summed E-state index contributed by atoms with van der Waals surface area (Å²) in [6.07, 6.45) is 3.06. The van der Waals surface area contributed by atoms with Crippen LogP contribution in [0.5, 0.6) is 5.75 Å². The number of nitrogens with zero attached hydrogens (tertiary/aromatic N) is 6. The number of hydrogen-bond acceptors (Lipinski definition) is 5. The zero-order valence-electron chi connectivity index (χ0n) is 28.3. The molecule has 9 nitrogen and oxygen atoms in total. The number of aromatic nitrogens is 6. The fourth-order valence-electron chi connectivity index (χ4n) is 5.86. The summed E-state index contributed by atoms with van der Waals surface area (Å²) in [5.41, 5.74) is -0.296. The smallest absolute Gasteiger partial charge is 0.269 e. The summed E-state index contributed by atoms with van der Waals surface area (Å²) in [5, 5.41) is 8.06. The van der Waals surface area contributed by atoms with Crippen LogP contribution in [0.4, 0.5) is 22.0 Å². The van der Waals surface area contributed by atoms with Crippen LogP contribution in [0, 0.1) is 29.1 Å². The van der Waals surface area contributed by atoms with E-state index in [0.29, 0.717) is 38.0 Å². The molecule has 0 aliphatic rings. The van der Waals surface area contributed by atoms with Gasteiger partial charge in [-0.3, -0.25) is 19.0 Å². The zero-order chi connectivity index (χ0) is 39.0. The van der Waals surface area contributed by atoms with Gasteiger partial charge in [0.1, 0.15) is 44.9 Å². The van der Waals surface area contributed by atoms with Gasteiger partial charge in [-0.25, -0.2) is 22.0 Å². The number of methoxy groups -OCH3 is 1. The van der Waals surface area contributed by atoms with Crippen molar-refractivity contribution in [3.8, 4) is 50.8 Å². The van der Waals surface area contributed by atoms with Gasteiger partial charge in [0, 0.05) is 62.6 Å². The highest BCUT2D eigenvalue weighted by molar-refractivity contribution is 9.11. The van der Waals surface area contributed by atoms with Gasteiger partial charge >= 0.3 is 0 Å². The first-order valence-electron chi connectivity index (χ1n) is 15.5. The van der Waals surface area contributed by atoms with E-state index in [1.165, 1.54) is 39.4 Å². The van der Waals surface area contributed by atoms with Crippen molar-refractivity contribution >= 4 is 55.1 Å². The van der Waals surface area contributed by atoms with Gasteiger partial charge in [0.05, 0.1) is 62.4 Å². The molecule has 0 atom stereocenters. The maximum Gasteiger partial charge on any atom is 0.269 e. The second kappa shape index (κ2) is 16.0. The van der Waals surface area contributed by atoms with Gasteiger partial charge in [-0.1, -0.05) is 23.2 Å². The van der Waals surface area contributed by atoms with Crippen molar-refractivity contribution in [1.29, 1.82) is 0 Å². The summed E-state index contributed by atoms with van der Waals surface area (Å²) in [7, 11) is 4.63. The van der Waals surface area contributed by atoms with Gasteiger partial charge < -0.3 is 13.9 Å².